The van der Waals surface area contributed by atoms with Gasteiger partial charge in [0.2, 0.25) is 5.76 Å². The average molecular weight is 309 g/mol. The maximum absolute atomic E-state index is 12.1. The van der Waals surface area contributed by atoms with E-state index in [0.29, 0.717) is 12.4 Å². The van der Waals surface area contributed by atoms with E-state index < -0.39 is 5.91 Å². The molecule has 0 aliphatic carbocycles. The van der Waals surface area contributed by atoms with E-state index in [2.05, 4.69) is 15.5 Å². The fourth-order valence-corrected chi connectivity index (χ4v) is 1.96. The highest BCUT2D eigenvalue weighted by Crippen LogP contribution is 2.15. The molecule has 0 fully saturated rings. The lowest BCUT2D eigenvalue weighted by atomic mass is 10.2. The first-order valence-electron chi connectivity index (χ1n) is 7.09. The number of amides is 1. The molecule has 116 valence electrons. The fourth-order valence-electron chi connectivity index (χ4n) is 1.96. The van der Waals surface area contributed by atoms with E-state index in [4.69, 9.17) is 9.26 Å². The van der Waals surface area contributed by atoms with Crippen LogP contribution in [-0.2, 0) is 6.61 Å². The molecule has 6 nitrogen and oxygen atoms in total. The molecule has 0 unspecified atom stereocenters. The van der Waals surface area contributed by atoms with Gasteiger partial charge in [-0.3, -0.25) is 4.79 Å². The Morgan fingerprint density at radius 3 is 2.78 bits per heavy atom. The normalized spacial score (nSPS) is 10.3. The van der Waals surface area contributed by atoms with Gasteiger partial charge in [0.25, 0.3) is 11.8 Å². The number of nitrogens with one attached hydrogen (secondary N) is 1. The van der Waals surface area contributed by atoms with Crippen LogP contribution in [0.25, 0.3) is 0 Å². The smallest absolute Gasteiger partial charge is 0.295 e. The zero-order chi connectivity index (χ0) is 16.1. The Hall–Kier alpha value is -3.15. The SMILES string of the molecule is Cc1cccc(NC(=O)c2cc(OCc3ccccc3)no2)n1. The van der Waals surface area contributed by atoms with Gasteiger partial charge < -0.3 is 14.6 Å². The first kappa shape index (κ1) is 14.8. The summed E-state index contributed by atoms with van der Waals surface area (Å²) in [6.45, 7) is 2.20. The molecule has 1 N–H and O–H groups in total. The standard InChI is InChI=1S/C17H15N3O3/c1-12-6-5-9-15(18-12)19-17(21)14-10-16(20-23-14)22-11-13-7-3-2-4-8-13/h2-10H,11H2,1H3,(H,18,19,21). The highest BCUT2D eigenvalue weighted by Gasteiger charge is 2.14. The van der Waals surface area contributed by atoms with E-state index in [-0.39, 0.29) is 11.6 Å². The lowest BCUT2D eigenvalue weighted by Gasteiger charge is -2.02. The van der Waals surface area contributed by atoms with Crippen molar-refractivity contribution in [1.82, 2.24) is 10.1 Å². The van der Waals surface area contributed by atoms with Gasteiger partial charge in [0.05, 0.1) is 6.07 Å². The fraction of sp³-hybridized carbons (Fsp3) is 0.118. The zero-order valence-corrected chi connectivity index (χ0v) is 12.5. The van der Waals surface area contributed by atoms with Gasteiger partial charge in [-0.1, -0.05) is 36.4 Å². The Bertz CT molecular complexity index is 800. The van der Waals surface area contributed by atoms with Crippen molar-refractivity contribution < 1.29 is 14.1 Å². The second-order valence-electron chi connectivity index (χ2n) is 4.92. The molecule has 0 bridgehead atoms. The summed E-state index contributed by atoms with van der Waals surface area (Å²) >= 11 is 0. The molecule has 0 saturated carbocycles. The average Bonchev–Trinajstić information content (AvgIpc) is 3.03. The molecule has 23 heavy (non-hydrogen) atoms. The van der Waals surface area contributed by atoms with Crippen LogP contribution in [-0.4, -0.2) is 16.0 Å². The number of aromatic nitrogens is 2. The van der Waals surface area contributed by atoms with E-state index in [9.17, 15) is 4.79 Å². The van der Waals surface area contributed by atoms with E-state index in [0.717, 1.165) is 11.3 Å². The number of carbonyl (C=O) groups is 1. The first-order chi connectivity index (χ1) is 11.2. The monoisotopic (exact) mass is 309 g/mol. The van der Waals surface area contributed by atoms with Gasteiger partial charge >= 0.3 is 0 Å². The Balaban J connectivity index is 1.61. The lowest BCUT2D eigenvalue weighted by Crippen LogP contribution is -2.12. The number of nitrogens with zero attached hydrogens (tertiary/aromatic N) is 2. The Labute approximate surface area is 133 Å². The molecule has 6 heteroatoms. The van der Waals surface area contributed by atoms with Gasteiger partial charge in [-0.15, -0.1) is 0 Å². The van der Waals surface area contributed by atoms with Crippen molar-refractivity contribution >= 4 is 11.7 Å². The van der Waals surface area contributed by atoms with Crippen molar-refractivity contribution in [2.45, 2.75) is 13.5 Å². The van der Waals surface area contributed by atoms with Crippen molar-refractivity contribution in [3.8, 4) is 5.88 Å². The summed E-state index contributed by atoms with van der Waals surface area (Å²) in [7, 11) is 0. The molecular formula is C17H15N3O3. The second kappa shape index (κ2) is 6.74. The number of ether oxygens (including phenoxy) is 1. The van der Waals surface area contributed by atoms with Crippen molar-refractivity contribution in [2.24, 2.45) is 0 Å². The molecule has 0 atom stereocenters. The molecule has 0 spiro atoms. The number of rotatable bonds is 5. The molecule has 2 aromatic heterocycles. The number of carbonyl (C=O) groups excluding carboxylic acids is 1. The molecular weight excluding hydrogens is 294 g/mol. The number of pyridine rings is 1. The molecule has 0 aliphatic rings. The Morgan fingerprint density at radius 2 is 2.00 bits per heavy atom. The van der Waals surface area contributed by atoms with Crippen LogP contribution in [0, 0.1) is 6.92 Å². The zero-order valence-electron chi connectivity index (χ0n) is 12.5. The molecule has 3 aromatic rings. The maximum atomic E-state index is 12.1. The summed E-state index contributed by atoms with van der Waals surface area (Å²) in [5.41, 5.74) is 1.82. The first-order valence-corrected chi connectivity index (χ1v) is 7.09. The van der Waals surface area contributed by atoms with Crippen LogP contribution in [0.2, 0.25) is 0 Å². The second-order valence-corrected chi connectivity index (χ2v) is 4.92. The van der Waals surface area contributed by atoms with Crippen LogP contribution in [0.15, 0.2) is 59.1 Å². The van der Waals surface area contributed by atoms with Crippen molar-refractivity contribution in [3.05, 3.63) is 71.6 Å². The number of hydrogen-bond acceptors (Lipinski definition) is 5. The minimum Gasteiger partial charge on any atom is -0.471 e. The van der Waals surface area contributed by atoms with E-state index in [1.165, 1.54) is 6.07 Å². The summed E-state index contributed by atoms with van der Waals surface area (Å²) in [5, 5.41) is 6.38. The van der Waals surface area contributed by atoms with Gasteiger partial charge in [-0.05, 0) is 29.8 Å². The Kier molecular flexibility index (Phi) is 4.33. The van der Waals surface area contributed by atoms with Crippen LogP contribution in [0.4, 0.5) is 5.82 Å². The largest absolute Gasteiger partial charge is 0.471 e. The summed E-state index contributed by atoms with van der Waals surface area (Å²) < 4.78 is 10.5. The van der Waals surface area contributed by atoms with Crippen LogP contribution in [0.1, 0.15) is 21.8 Å². The summed E-state index contributed by atoms with van der Waals surface area (Å²) in [5.74, 6) is 0.357. The van der Waals surface area contributed by atoms with E-state index in [1.807, 2.05) is 49.4 Å². The maximum Gasteiger partial charge on any atom is 0.295 e. The van der Waals surface area contributed by atoms with Crippen molar-refractivity contribution in [1.29, 1.82) is 0 Å². The molecule has 0 radical (unpaired) electrons. The quantitative estimate of drug-likeness (QED) is 0.783. The van der Waals surface area contributed by atoms with Gasteiger partial charge in [0.1, 0.15) is 12.4 Å². The van der Waals surface area contributed by atoms with Gasteiger partial charge in [0, 0.05) is 5.69 Å². The third kappa shape index (κ3) is 3.94. The van der Waals surface area contributed by atoms with Gasteiger partial charge in [-0.2, -0.15) is 0 Å². The predicted molar refractivity (Wildman–Crippen MR) is 84.2 cm³/mol. The third-order valence-corrected chi connectivity index (χ3v) is 3.07. The molecule has 0 saturated heterocycles. The number of hydrogen-bond donors (Lipinski definition) is 1. The molecule has 3 rings (SSSR count). The van der Waals surface area contributed by atoms with Crippen LogP contribution >= 0.6 is 0 Å². The van der Waals surface area contributed by atoms with E-state index >= 15 is 0 Å². The highest BCUT2D eigenvalue weighted by molar-refractivity contribution is 6.01. The number of anilines is 1. The molecule has 1 aromatic carbocycles. The molecule has 2 heterocycles. The van der Waals surface area contributed by atoms with Crippen LogP contribution < -0.4 is 10.1 Å². The van der Waals surface area contributed by atoms with Crippen molar-refractivity contribution in [2.75, 3.05) is 5.32 Å². The third-order valence-electron chi connectivity index (χ3n) is 3.07. The van der Waals surface area contributed by atoms with Gasteiger partial charge in [-0.25, -0.2) is 4.98 Å². The highest BCUT2D eigenvalue weighted by atomic mass is 16.5. The summed E-state index contributed by atoms with van der Waals surface area (Å²) in [4.78, 5) is 16.3. The minimum atomic E-state index is -0.426. The van der Waals surface area contributed by atoms with Crippen LogP contribution in [0.3, 0.4) is 0 Å². The lowest BCUT2D eigenvalue weighted by molar-refractivity contribution is 0.0987. The summed E-state index contributed by atoms with van der Waals surface area (Å²) in [6, 6.07) is 16.5. The Morgan fingerprint density at radius 1 is 1.17 bits per heavy atom. The molecule has 0 aliphatic heterocycles. The van der Waals surface area contributed by atoms with Crippen molar-refractivity contribution in [3.63, 3.8) is 0 Å². The number of aryl methyl sites for hydroxylation is 1. The number of benzene rings is 1. The molecule has 1 amide bonds. The van der Waals surface area contributed by atoms with Crippen LogP contribution in [0.5, 0.6) is 5.88 Å². The topological polar surface area (TPSA) is 77.2 Å². The summed E-state index contributed by atoms with van der Waals surface area (Å²) in [6.07, 6.45) is 0. The minimum absolute atomic E-state index is 0.0661. The van der Waals surface area contributed by atoms with Gasteiger partial charge in [0.15, 0.2) is 0 Å². The van der Waals surface area contributed by atoms with E-state index in [1.54, 1.807) is 6.07 Å². The predicted octanol–water partition coefficient (Wildman–Crippen LogP) is 3.21.